The molecule has 2 rings (SSSR count). The van der Waals surface area contributed by atoms with Crippen molar-refractivity contribution >= 4 is 0 Å². The van der Waals surface area contributed by atoms with E-state index in [1.54, 1.807) is 0 Å². The summed E-state index contributed by atoms with van der Waals surface area (Å²) in [5, 5.41) is 0. The van der Waals surface area contributed by atoms with Gasteiger partial charge in [0.25, 0.3) is 0 Å². The van der Waals surface area contributed by atoms with Gasteiger partial charge in [-0.25, -0.2) is 4.39 Å². The van der Waals surface area contributed by atoms with E-state index in [-0.39, 0.29) is 5.82 Å². The summed E-state index contributed by atoms with van der Waals surface area (Å²) in [6.45, 7) is 12.9. The highest BCUT2D eigenvalue weighted by molar-refractivity contribution is 5.72. The molecule has 1 heterocycles. The molecule has 0 fully saturated rings. The smallest absolute Gasteiger partial charge is 0.123 e. The number of rotatable bonds is 3. The molecule has 1 aromatic heterocycles. The second kappa shape index (κ2) is 5.97. The first-order valence-electron chi connectivity index (χ1n) is 7.59. The Morgan fingerprint density at radius 1 is 0.810 bits per heavy atom. The molecule has 112 valence electrons. The topological polar surface area (TPSA) is 12.9 Å². The first-order valence-corrected chi connectivity index (χ1v) is 7.59. The number of hydrogen-bond acceptors (Lipinski definition) is 1. The van der Waals surface area contributed by atoms with Gasteiger partial charge in [0.05, 0.1) is 0 Å². The van der Waals surface area contributed by atoms with E-state index in [0.29, 0.717) is 11.8 Å². The maximum atomic E-state index is 13.2. The van der Waals surface area contributed by atoms with Crippen LogP contribution in [0.1, 0.15) is 62.0 Å². The highest BCUT2D eigenvalue weighted by atomic mass is 19.1. The molecule has 21 heavy (non-hydrogen) atoms. The summed E-state index contributed by atoms with van der Waals surface area (Å²) in [6.07, 6.45) is 0. The van der Waals surface area contributed by atoms with E-state index in [1.165, 1.54) is 28.8 Å². The molecule has 2 heteroatoms. The minimum Gasteiger partial charge on any atom is -0.257 e. The van der Waals surface area contributed by atoms with Crippen LogP contribution in [0.5, 0.6) is 0 Å². The normalized spacial score (nSPS) is 11.5. The Kier molecular flexibility index (Phi) is 4.46. The lowest BCUT2D eigenvalue weighted by Crippen LogP contribution is -2.08. The fourth-order valence-electron chi connectivity index (χ4n) is 3.01. The third-order valence-electron chi connectivity index (χ3n) is 3.99. The lowest BCUT2D eigenvalue weighted by Gasteiger charge is -2.21. The molecule has 0 atom stereocenters. The second-order valence-electron chi connectivity index (χ2n) is 6.32. The lowest BCUT2D eigenvalue weighted by molar-refractivity contribution is 0.628. The van der Waals surface area contributed by atoms with E-state index in [0.717, 1.165) is 17.0 Å². The van der Waals surface area contributed by atoms with Crippen LogP contribution in [0.4, 0.5) is 4.39 Å². The number of benzene rings is 1. The average Bonchev–Trinajstić information content (AvgIpc) is 2.40. The van der Waals surface area contributed by atoms with Gasteiger partial charge in [0.1, 0.15) is 5.82 Å². The molecule has 0 amide bonds. The average molecular weight is 285 g/mol. The predicted octanol–water partition coefficient (Wildman–Crippen LogP) is 5.75. The molecule has 0 N–H and O–H groups in total. The van der Waals surface area contributed by atoms with Crippen molar-refractivity contribution < 1.29 is 4.39 Å². The van der Waals surface area contributed by atoms with Gasteiger partial charge in [0, 0.05) is 11.4 Å². The van der Waals surface area contributed by atoms with Crippen molar-refractivity contribution in [1.29, 1.82) is 0 Å². The van der Waals surface area contributed by atoms with Gasteiger partial charge in [-0.05, 0) is 60.1 Å². The molecule has 0 aliphatic heterocycles. The summed E-state index contributed by atoms with van der Waals surface area (Å²) in [5.74, 6) is 0.556. The summed E-state index contributed by atoms with van der Waals surface area (Å²) in [6, 6.07) is 6.77. The van der Waals surface area contributed by atoms with Crippen molar-refractivity contribution in [3.8, 4) is 11.1 Å². The van der Waals surface area contributed by atoms with Crippen LogP contribution in [0.2, 0.25) is 0 Å². The van der Waals surface area contributed by atoms with Crippen molar-refractivity contribution in [2.45, 2.75) is 53.4 Å². The van der Waals surface area contributed by atoms with Crippen molar-refractivity contribution in [3.63, 3.8) is 0 Å². The van der Waals surface area contributed by atoms with Crippen LogP contribution in [0.15, 0.2) is 24.3 Å². The van der Waals surface area contributed by atoms with E-state index >= 15 is 0 Å². The molecular weight excluding hydrogens is 261 g/mol. The van der Waals surface area contributed by atoms with Crippen LogP contribution in [-0.4, -0.2) is 4.98 Å². The maximum absolute atomic E-state index is 13.2. The SMILES string of the molecule is Cc1c(C(C)C)nc(C(C)C)c(C)c1-c1ccc(F)cc1. The van der Waals surface area contributed by atoms with Crippen LogP contribution in [-0.2, 0) is 0 Å². The molecule has 0 unspecified atom stereocenters. The van der Waals surface area contributed by atoms with Crippen LogP contribution < -0.4 is 0 Å². The number of halogens is 1. The van der Waals surface area contributed by atoms with Gasteiger partial charge in [-0.1, -0.05) is 39.8 Å². The Balaban J connectivity index is 2.76. The van der Waals surface area contributed by atoms with Crippen LogP contribution in [0.25, 0.3) is 11.1 Å². The van der Waals surface area contributed by atoms with Gasteiger partial charge in [-0.15, -0.1) is 0 Å². The molecule has 0 saturated heterocycles. The van der Waals surface area contributed by atoms with E-state index < -0.39 is 0 Å². The van der Waals surface area contributed by atoms with Crippen molar-refractivity contribution in [2.24, 2.45) is 0 Å². The van der Waals surface area contributed by atoms with Crippen molar-refractivity contribution in [3.05, 3.63) is 52.6 Å². The number of aromatic nitrogens is 1. The van der Waals surface area contributed by atoms with Crippen molar-refractivity contribution in [2.75, 3.05) is 0 Å². The Morgan fingerprint density at radius 3 is 1.62 bits per heavy atom. The second-order valence-corrected chi connectivity index (χ2v) is 6.32. The van der Waals surface area contributed by atoms with Crippen LogP contribution >= 0.6 is 0 Å². The molecule has 0 bridgehead atoms. The standard InChI is InChI=1S/C19H24FN/c1-11(2)18-13(5)17(14(6)19(21-18)12(3)4)15-7-9-16(20)10-8-15/h7-12H,1-6H3. The van der Waals surface area contributed by atoms with E-state index in [1.807, 2.05) is 12.1 Å². The van der Waals surface area contributed by atoms with Gasteiger partial charge in [0.2, 0.25) is 0 Å². The minimum atomic E-state index is -0.198. The van der Waals surface area contributed by atoms with Crippen LogP contribution in [0, 0.1) is 19.7 Å². The number of nitrogens with zero attached hydrogens (tertiary/aromatic N) is 1. The lowest BCUT2D eigenvalue weighted by atomic mass is 9.88. The first kappa shape index (κ1) is 15.7. The molecule has 0 spiro atoms. The third kappa shape index (κ3) is 2.99. The fourth-order valence-corrected chi connectivity index (χ4v) is 3.01. The summed E-state index contributed by atoms with van der Waals surface area (Å²) in [4.78, 5) is 4.90. The third-order valence-corrected chi connectivity index (χ3v) is 3.99. The Hall–Kier alpha value is -1.70. The maximum Gasteiger partial charge on any atom is 0.123 e. The van der Waals surface area contributed by atoms with E-state index in [2.05, 4.69) is 41.5 Å². The molecule has 0 radical (unpaired) electrons. The summed E-state index contributed by atoms with van der Waals surface area (Å²) >= 11 is 0. The fraction of sp³-hybridized carbons (Fsp3) is 0.421. The quantitative estimate of drug-likeness (QED) is 0.699. The molecule has 0 aliphatic carbocycles. The zero-order chi connectivity index (χ0) is 15.7. The molecule has 0 aliphatic rings. The van der Waals surface area contributed by atoms with Gasteiger partial charge in [0.15, 0.2) is 0 Å². The molecule has 1 aromatic carbocycles. The minimum absolute atomic E-state index is 0.198. The zero-order valence-corrected chi connectivity index (χ0v) is 13.8. The summed E-state index contributed by atoms with van der Waals surface area (Å²) < 4.78 is 13.2. The van der Waals surface area contributed by atoms with Gasteiger partial charge in [-0.3, -0.25) is 4.98 Å². The Bertz CT molecular complexity index is 607. The summed E-state index contributed by atoms with van der Waals surface area (Å²) in [5.41, 5.74) is 6.97. The van der Waals surface area contributed by atoms with Gasteiger partial charge >= 0.3 is 0 Å². The van der Waals surface area contributed by atoms with Gasteiger partial charge < -0.3 is 0 Å². The Morgan fingerprint density at radius 2 is 1.24 bits per heavy atom. The molecule has 1 nitrogen and oxygen atoms in total. The van der Waals surface area contributed by atoms with Crippen LogP contribution in [0.3, 0.4) is 0 Å². The first-order chi connectivity index (χ1) is 9.82. The summed E-state index contributed by atoms with van der Waals surface area (Å²) in [7, 11) is 0. The van der Waals surface area contributed by atoms with Gasteiger partial charge in [-0.2, -0.15) is 0 Å². The number of hydrogen-bond donors (Lipinski definition) is 0. The highest BCUT2D eigenvalue weighted by Gasteiger charge is 2.18. The predicted molar refractivity (Wildman–Crippen MR) is 87.3 cm³/mol. The monoisotopic (exact) mass is 285 g/mol. The number of pyridine rings is 1. The highest BCUT2D eigenvalue weighted by Crippen LogP contribution is 2.35. The molecule has 0 saturated carbocycles. The van der Waals surface area contributed by atoms with E-state index in [9.17, 15) is 4.39 Å². The largest absolute Gasteiger partial charge is 0.257 e. The Labute approximate surface area is 127 Å². The zero-order valence-electron chi connectivity index (χ0n) is 13.8. The molecule has 2 aromatic rings. The van der Waals surface area contributed by atoms with Crippen molar-refractivity contribution in [1.82, 2.24) is 4.98 Å². The molecular formula is C19H24FN. The van der Waals surface area contributed by atoms with E-state index in [4.69, 9.17) is 4.98 Å².